The van der Waals surface area contributed by atoms with Crippen molar-refractivity contribution in [2.75, 3.05) is 50.9 Å². The highest BCUT2D eigenvalue weighted by molar-refractivity contribution is 7.89. The Labute approximate surface area is 168 Å². The van der Waals surface area contributed by atoms with Crippen LogP contribution in [0.2, 0.25) is 0 Å². The number of carbonyl (C=O) groups is 1. The molecule has 2 atom stereocenters. The van der Waals surface area contributed by atoms with E-state index < -0.39 is 15.4 Å². The van der Waals surface area contributed by atoms with Crippen LogP contribution in [0, 0.1) is 17.3 Å². The molecule has 0 radical (unpaired) electrons. The largest absolute Gasteiger partial charge is 0.348 e. The van der Waals surface area contributed by atoms with Gasteiger partial charge in [0.15, 0.2) is 0 Å². The molecule has 1 aromatic rings. The maximum Gasteiger partial charge on any atom is 0.230 e. The molecule has 2 aliphatic rings. The number of anilines is 1. The molecule has 28 heavy (non-hydrogen) atoms. The van der Waals surface area contributed by atoms with Gasteiger partial charge in [-0.05, 0) is 24.8 Å². The summed E-state index contributed by atoms with van der Waals surface area (Å²) in [6.45, 7) is 5.79. The Balaban J connectivity index is 1.93. The lowest BCUT2D eigenvalue weighted by atomic mass is 9.74. The van der Waals surface area contributed by atoms with E-state index in [0.717, 1.165) is 0 Å². The molecule has 2 aliphatic heterocycles. The third-order valence-corrected chi connectivity index (χ3v) is 7.96. The van der Waals surface area contributed by atoms with Gasteiger partial charge >= 0.3 is 0 Å². The Morgan fingerprint density at radius 3 is 2.57 bits per heavy atom. The minimum absolute atomic E-state index is 0.0686. The molecule has 0 bridgehead atoms. The van der Waals surface area contributed by atoms with Crippen LogP contribution in [-0.2, 0) is 14.8 Å². The minimum Gasteiger partial charge on any atom is -0.348 e. The zero-order chi connectivity index (χ0) is 20.5. The average Bonchev–Trinajstić information content (AvgIpc) is 2.89. The van der Waals surface area contributed by atoms with Crippen LogP contribution < -0.4 is 4.90 Å². The molecule has 8 nitrogen and oxygen atoms in total. The molecule has 2 fully saturated rings. The number of sulfonamides is 1. The third kappa shape index (κ3) is 4.00. The molecule has 0 N–H and O–H groups in total. The number of hydrogen-bond acceptors (Lipinski definition) is 6. The first kappa shape index (κ1) is 21.0. The summed E-state index contributed by atoms with van der Waals surface area (Å²) < 4.78 is 27.4. The van der Waals surface area contributed by atoms with Crippen molar-refractivity contribution in [1.29, 1.82) is 0 Å². The van der Waals surface area contributed by atoms with Crippen LogP contribution in [-0.4, -0.2) is 79.5 Å². The second kappa shape index (κ2) is 7.94. The Hall–Kier alpha value is -1.74. The van der Waals surface area contributed by atoms with Crippen LogP contribution in [0.1, 0.15) is 26.7 Å². The van der Waals surface area contributed by atoms with Gasteiger partial charge in [-0.1, -0.05) is 13.8 Å². The first-order valence-electron chi connectivity index (χ1n) is 9.87. The van der Waals surface area contributed by atoms with Crippen molar-refractivity contribution in [1.82, 2.24) is 19.2 Å². The first-order chi connectivity index (χ1) is 13.2. The normalized spacial score (nSPS) is 26.2. The number of aromatic nitrogens is 2. The van der Waals surface area contributed by atoms with E-state index in [9.17, 15) is 13.2 Å². The number of rotatable bonds is 5. The van der Waals surface area contributed by atoms with Crippen molar-refractivity contribution >= 4 is 21.9 Å². The van der Waals surface area contributed by atoms with E-state index in [1.165, 1.54) is 0 Å². The van der Waals surface area contributed by atoms with Crippen molar-refractivity contribution in [2.45, 2.75) is 26.7 Å². The summed E-state index contributed by atoms with van der Waals surface area (Å²) in [4.78, 5) is 25.6. The second-order valence-electron chi connectivity index (χ2n) is 8.62. The van der Waals surface area contributed by atoms with E-state index in [2.05, 4.69) is 9.97 Å². The number of hydrogen-bond donors (Lipinski definition) is 0. The Kier molecular flexibility index (Phi) is 5.95. The molecular weight excluding hydrogens is 378 g/mol. The van der Waals surface area contributed by atoms with Gasteiger partial charge in [-0.15, -0.1) is 0 Å². The Bertz CT molecular complexity index is 799. The highest BCUT2D eigenvalue weighted by Crippen LogP contribution is 2.45. The maximum atomic E-state index is 13.3. The van der Waals surface area contributed by atoms with E-state index in [1.54, 1.807) is 41.8 Å². The van der Waals surface area contributed by atoms with E-state index in [-0.39, 0.29) is 23.5 Å². The van der Waals surface area contributed by atoms with Crippen molar-refractivity contribution in [3.8, 4) is 0 Å². The molecule has 9 heteroatoms. The van der Waals surface area contributed by atoms with Gasteiger partial charge in [0, 0.05) is 58.6 Å². The van der Waals surface area contributed by atoms with Gasteiger partial charge in [0.1, 0.15) is 0 Å². The molecular formula is C19H31N5O3S. The molecule has 3 rings (SSSR count). The summed E-state index contributed by atoms with van der Waals surface area (Å²) in [5, 5.41) is 0. The lowest BCUT2D eigenvalue weighted by Gasteiger charge is -2.34. The molecule has 0 spiro atoms. The van der Waals surface area contributed by atoms with Gasteiger partial charge in [0.05, 0.1) is 11.2 Å². The quantitative estimate of drug-likeness (QED) is 0.723. The van der Waals surface area contributed by atoms with Crippen LogP contribution >= 0.6 is 0 Å². The van der Waals surface area contributed by atoms with E-state index in [4.69, 9.17) is 0 Å². The molecule has 1 aromatic heterocycles. The highest BCUT2D eigenvalue weighted by atomic mass is 32.2. The fourth-order valence-electron chi connectivity index (χ4n) is 4.58. The van der Waals surface area contributed by atoms with Crippen LogP contribution in [0.5, 0.6) is 0 Å². The standard InChI is InChI=1S/C19H31N5O3S/c1-15(2)13-28(26,27)24-10-5-7-19(17(25)22(3)4)14-23(11-16(19)12-24)18-20-8-6-9-21-18/h6,8-9,15-16H,5,7,10-14H2,1-4H3/t16-,19+/m0/s1. The van der Waals surface area contributed by atoms with Crippen molar-refractivity contribution < 1.29 is 13.2 Å². The summed E-state index contributed by atoms with van der Waals surface area (Å²) in [6.07, 6.45) is 4.73. The molecule has 0 aromatic carbocycles. The number of carbonyl (C=O) groups excluding carboxylic acids is 1. The lowest BCUT2D eigenvalue weighted by molar-refractivity contribution is -0.141. The number of amides is 1. The lowest BCUT2D eigenvalue weighted by Crippen LogP contribution is -2.48. The predicted octanol–water partition coefficient (Wildman–Crippen LogP) is 1.07. The summed E-state index contributed by atoms with van der Waals surface area (Å²) in [5.41, 5.74) is -0.606. The average molecular weight is 410 g/mol. The molecule has 0 unspecified atom stereocenters. The maximum absolute atomic E-state index is 13.3. The van der Waals surface area contributed by atoms with Gasteiger partial charge < -0.3 is 9.80 Å². The Morgan fingerprint density at radius 1 is 1.29 bits per heavy atom. The summed E-state index contributed by atoms with van der Waals surface area (Å²) in [6, 6.07) is 1.76. The van der Waals surface area contributed by atoms with E-state index in [0.29, 0.717) is 45.0 Å². The van der Waals surface area contributed by atoms with Crippen molar-refractivity contribution in [3.63, 3.8) is 0 Å². The zero-order valence-electron chi connectivity index (χ0n) is 17.2. The van der Waals surface area contributed by atoms with Crippen LogP contribution in [0.4, 0.5) is 5.95 Å². The molecule has 0 aliphatic carbocycles. The van der Waals surface area contributed by atoms with Gasteiger partial charge in [-0.25, -0.2) is 22.7 Å². The topological polar surface area (TPSA) is 86.7 Å². The van der Waals surface area contributed by atoms with Gasteiger partial charge in [-0.2, -0.15) is 0 Å². The zero-order valence-corrected chi connectivity index (χ0v) is 18.0. The van der Waals surface area contributed by atoms with Crippen molar-refractivity contribution in [3.05, 3.63) is 18.5 Å². The van der Waals surface area contributed by atoms with Gasteiger partial charge in [0.2, 0.25) is 21.9 Å². The summed E-state index contributed by atoms with van der Waals surface area (Å²) in [5.74, 6) is 0.784. The van der Waals surface area contributed by atoms with Crippen LogP contribution in [0.15, 0.2) is 18.5 Å². The molecule has 2 saturated heterocycles. The van der Waals surface area contributed by atoms with E-state index >= 15 is 0 Å². The molecule has 156 valence electrons. The summed E-state index contributed by atoms with van der Waals surface area (Å²) >= 11 is 0. The number of nitrogens with zero attached hydrogens (tertiary/aromatic N) is 5. The van der Waals surface area contributed by atoms with Crippen LogP contribution in [0.3, 0.4) is 0 Å². The Morgan fingerprint density at radius 2 is 1.96 bits per heavy atom. The predicted molar refractivity (Wildman–Crippen MR) is 108 cm³/mol. The summed E-state index contributed by atoms with van der Waals surface area (Å²) in [7, 11) is 0.203. The first-order valence-corrected chi connectivity index (χ1v) is 11.5. The molecule has 1 amide bonds. The SMILES string of the molecule is CC(C)CS(=O)(=O)N1CCC[C@@]2(C(=O)N(C)C)CN(c3ncccn3)C[C@H]2C1. The molecule has 3 heterocycles. The fourth-order valence-corrected chi connectivity index (χ4v) is 6.45. The minimum atomic E-state index is -3.34. The third-order valence-electron chi connectivity index (χ3n) is 5.75. The smallest absolute Gasteiger partial charge is 0.230 e. The molecule has 0 saturated carbocycles. The number of fused-ring (bicyclic) bond motifs is 1. The van der Waals surface area contributed by atoms with Gasteiger partial charge in [0.25, 0.3) is 0 Å². The fraction of sp³-hybridized carbons (Fsp3) is 0.737. The van der Waals surface area contributed by atoms with E-state index in [1.807, 2.05) is 18.7 Å². The van der Waals surface area contributed by atoms with Gasteiger partial charge in [-0.3, -0.25) is 4.79 Å². The van der Waals surface area contributed by atoms with Crippen molar-refractivity contribution in [2.24, 2.45) is 17.3 Å². The monoisotopic (exact) mass is 409 g/mol. The second-order valence-corrected chi connectivity index (χ2v) is 10.6. The highest BCUT2D eigenvalue weighted by Gasteiger charge is 2.55. The van der Waals surface area contributed by atoms with Crippen LogP contribution in [0.25, 0.3) is 0 Å².